The van der Waals surface area contributed by atoms with Crippen LogP contribution >= 0.6 is 11.3 Å². The lowest BCUT2D eigenvalue weighted by Gasteiger charge is -2.26. The number of amides is 1. The van der Waals surface area contributed by atoms with Gasteiger partial charge in [0, 0.05) is 13.1 Å². The molecule has 0 radical (unpaired) electrons. The highest BCUT2D eigenvalue weighted by Gasteiger charge is 2.52. The Hall–Kier alpha value is -4.83. The van der Waals surface area contributed by atoms with Crippen LogP contribution in [0.2, 0.25) is 0 Å². The third-order valence-corrected chi connectivity index (χ3v) is 11.7. The zero-order valence-electron chi connectivity index (χ0n) is 29.1. The van der Waals surface area contributed by atoms with Gasteiger partial charge in [0.15, 0.2) is 11.6 Å². The number of methoxy groups -OCH3 is 1. The maximum Gasteiger partial charge on any atom is 0.534 e. The summed E-state index contributed by atoms with van der Waals surface area (Å²) in [5, 5.41) is 1.26. The van der Waals surface area contributed by atoms with Crippen molar-refractivity contribution in [1.29, 1.82) is 0 Å². The van der Waals surface area contributed by atoms with Gasteiger partial charge in [0.2, 0.25) is 0 Å². The van der Waals surface area contributed by atoms with Gasteiger partial charge in [-0.15, -0.1) is 11.3 Å². The number of alkyl halides is 6. The van der Waals surface area contributed by atoms with Crippen molar-refractivity contribution in [2.75, 3.05) is 20.2 Å². The Balaban J connectivity index is 1.64. The number of imidazole rings is 1. The molecule has 55 heavy (non-hydrogen) atoms. The molecule has 3 aromatic heterocycles. The van der Waals surface area contributed by atoms with Crippen molar-refractivity contribution < 1.29 is 61.6 Å². The molecule has 296 valence electrons. The molecule has 0 N–H and O–H groups in total. The molecule has 22 heteroatoms. The highest BCUT2D eigenvalue weighted by molar-refractivity contribution is 7.91. The van der Waals surface area contributed by atoms with Crippen LogP contribution in [0.5, 0.6) is 11.5 Å². The van der Waals surface area contributed by atoms with E-state index in [1.807, 2.05) is 0 Å². The van der Waals surface area contributed by atoms with Crippen LogP contribution in [0.3, 0.4) is 0 Å². The lowest BCUT2D eigenvalue weighted by molar-refractivity contribution is -0.0499. The largest absolute Gasteiger partial charge is 0.534 e. The summed E-state index contributed by atoms with van der Waals surface area (Å²) < 4.78 is 152. The van der Waals surface area contributed by atoms with Gasteiger partial charge in [-0.1, -0.05) is 12.1 Å². The molecule has 1 aliphatic heterocycles. The number of ether oxygens (including phenoxy) is 2. The molecule has 5 aromatic rings. The van der Waals surface area contributed by atoms with Gasteiger partial charge >= 0.3 is 37.3 Å². The van der Waals surface area contributed by atoms with Crippen molar-refractivity contribution >= 4 is 58.8 Å². The van der Waals surface area contributed by atoms with Crippen molar-refractivity contribution in [2.45, 2.75) is 56.8 Å². The number of carbonyl (C=O) groups is 1. The molecule has 1 amide bonds. The van der Waals surface area contributed by atoms with Crippen molar-refractivity contribution in [3.8, 4) is 22.9 Å². The Labute approximate surface area is 312 Å². The first-order valence-corrected chi connectivity index (χ1v) is 19.8. The first kappa shape index (κ1) is 39.9. The molecule has 0 bridgehead atoms. The van der Waals surface area contributed by atoms with Gasteiger partial charge in [0.05, 0.1) is 34.9 Å². The molecule has 0 spiro atoms. The molecule has 2 aromatic carbocycles. The van der Waals surface area contributed by atoms with Gasteiger partial charge in [0.25, 0.3) is 5.56 Å². The zero-order chi connectivity index (χ0) is 40.5. The predicted octanol–water partition coefficient (Wildman–Crippen LogP) is 6.40. The molecular weight excluding hydrogens is 807 g/mol. The molecule has 0 aliphatic carbocycles. The van der Waals surface area contributed by atoms with E-state index in [2.05, 4.69) is 9.17 Å². The fourth-order valence-corrected chi connectivity index (χ4v) is 8.32. The minimum atomic E-state index is -6.60. The fraction of sp³-hybridized carbons (Fsp3) is 0.364. The second-order valence-corrected chi connectivity index (χ2v) is 17.5. The Morgan fingerprint density at radius 3 is 2.07 bits per heavy atom. The van der Waals surface area contributed by atoms with Gasteiger partial charge < -0.3 is 23.1 Å². The Bertz CT molecular complexity index is 2610. The molecule has 0 atom stereocenters. The van der Waals surface area contributed by atoms with E-state index in [4.69, 9.17) is 9.47 Å². The SMILES string of the molecule is COc1ccc(Cn2c(=O)c(-c3nc4cc5c(cc4n3S(=O)(=O)C(F)(F)F)CCN(C(=O)OC(C)(C)C)CC5)c(OS(=O)(=O)C(F)(F)F)c3sccc32)cc1. The Morgan fingerprint density at radius 2 is 1.51 bits per heavy atom. The standard InChI is InChI=1S/C33H30F6N4O9S3/c1-31(2,3)51-30(45)41-12-9-19-15-22-24(16-20(19)10-13-41)43(54(46,47)32(34,35)36)28(40-22)25-26(52-55(48,49)33(37,38)39)27-23(11-14-53-27)42(29(25)44)17-18-5-7-21(50-4)8-6-18/h5-8,11,14-16H,9-10,12-13,17H2,1-4H3. The van der Waals surface area contributed by atoms with E-state index >= 15 is 0 Å². The van der Waals surface area contributed by atoms with E-state index in [-0.39, 0.29) is 42.0 Å². The lowest BCUT2D eigenvalue weighted by Crippen LogP contribution is -2.38. The lowest BCUT2D eigenvalue weighted by atomic mass is 10.0. The molecule has 0 saturated heterocycles. The molecule has 0 unspecified atom stereocenters. The number of nitrogens with zero attached hydrogens (tertiary/aromatic N) is 4. The van der Waals surface area contributed by atoms with E-state index < -0.39 is 81.3 Å². The third-order valence-electron chi connectivity index (χ3n) is 8.45. The monoisotopic (exact) mass is 836 g/mol. The number of benzene rings is 2. The molecule has 1 aliphatic rings. The maximum atomic E-state index is 14.5. The number of thiophene rings is 1. The van der Waals surface area contributed by atoms with Crippen LogP contribution in [0.15, 0.2) is 52.6 Å². The summed E-state index contributed by atoms with van der Waals surface area (Å²) in [7, 11) is -11.8. The zero-order valence-corrected chi connectivity index (χ0v) is 31.6. The van der Waals surface area contributed by atoms with Crippen LogP contribution in [-0.4, -0.2) is 78.2 Å². The highest BCUT2D eigenvalue weighted by atomic mass is 32.2. The summed E-state index contributed by atoms with van der Waals surface area (Å²) in [6.45, 7) is 4.70. The number of pyridine rings is 1. The second kappa shape index (κ2) is 13.7. The van der Waals surface area contributed by atoms with Gasteiger partial charge in [-0.25, -0.2) is 13.8 Å². The summed E-state index contributed by atoms with van der Waals surface area (Å²) in [5.41, 5.74) is -15.9. The van der Waals surface area contributed by atoms with Crippen LogP contribution in [0, 0.1) is 0 Å². The maximum absolute atomic E-state index is 14.5. The molecular formula is C33H30F6N4O9S3. The summed E-state index contributed by atoms with van der Waals surface area (Å²) in [6, 6.07) is 9.62. The average molecular weight is 837 g/mol. The fourth-order valence-electron chi connectivity index (χ4n) is 5.93. The number of hydrogen-bond acceptors (Lipinski definition) is 11. The molecule has 4 heterocycles. The first-order chi connectivity index (χ1) is 25.4. The molecule has 0 saturated carbocycles. The summed E-state index contributed by atoms with van der Waals surface area (Å²) >= 11 is 0.580. The van der Waals surface area contributed by atoms with Crippen LogP contribution in [0.25, 0.3) is 32.6 Å². The van der Waals surface area contributed by atoms with Gasteiger partial charge in [-0.3, -0.25) is 4.79 Å². The number of halogens is 6. The summed E-state index contributed by atoms with van der Waals surface area (Å²) in [4.78, 5) is 32.7. The van der Waals surface area contributed by atoms with Gasteiger partial charge in [0.1, 0.15) is 16.9 Å². The number of carbonyl (C=O) groups excluding carboxylic acids is 1. The number of rotatable bonds is 7. The molecule has 0 fully saturated rings. The Kier molecular flexibility index (Phi) is 9.95. The van der Waals surface area contributed by atoms with E-state index in [1.54, 1.807) is 20.8 Å². The number of hydrogen-bond donors (Lipinski definition) is 0. The van der Waals surface area contributed by atoms with Crippen molar-refractivity contribution in [3.05, 3.63) is 74.9 Å². The minimum absolute atomic E-state index is 0.00506. The Morgan fingerprint density at radius 1 is 0.891 bits per heavy atom. The highest BCUT2D eigenvalue weighted by Crippen LogP contribution is 2.43. The summed E-state index contributed by atoms with van der Waals surface area (Å²) in [6.07, 6.45) is -0.552. The quantitative estimate of drug-likeness (QED) is 0.102. The predicted molar refractivity (Wildman–Crippen MR) is 188 cm³/mol. The molecule has 13 nitrogen and oxygen atoms in total. The second-order valence-electron chi connectivity index (χ2n) is 13.3. The first-order valence-electron chi connectivity index (χ1n) is 16.1. The van der Waals surface area contributed by atoms with Crippen LogP contribution < -0.4 is 14.5 Å². The van der Waals surface area contributed by atoms with Crippen molar-refractivity contribution in [3.63, 3.8) is 0 Å². The van der Waals surface area contributed by atoms with Gasteiger partial charge in [-0.2, -0.15) is 43.2 Å². The smallest absolute Gasteiger partial charge is 0.497 e. The number of aromatic nitrogens is 3. The minimum Gasteiger partial charge on any atom is -0.497 e. The van der Waals surface area contributed by atoms with Crippen molar-refractivity contribution in [1.82, 2.24) is 18.4 Å². The molecule has 6 rings (SSSR count). The van der Waals surface area contributed by atoms with Crippen LogP contribution in [0.1, 0.15) is 37.5 Å². The van der Waals surface area contributed by atoms with E-state index in [0.717, 1.165) is 10.6 Å². The van der Waals surface area contributed by atoms with Crippen LogP contribution in [0.4, 0.5) is 31.1 Å². The average Bonchev–Trinajstić information content (AvgIpc) is 3.64. The third kappa shape index (κ3) is 7.45. The number of fused-ring (bicyclic) bond motifs is 3. The van der Waals surface area contributed by atoms with Crippen molar-refractivity contribution in [2.24, 2.45) is 0 Å². The van der Waals surface area contributed by atoms with E-state index in [9.17, 15) is 52.8 Å². The van der Waals surface area contributed by atoms with E-state index in [0.29, 0.717) is 33.8 Å². The normalized spacial score (nSPS) is 14.5. The van der Waals surface area contributed by atoms with Gasteiger partial charge in [-0.05, 0) is 86.0 Å². The summed E-state index contributed by atoms with van der Waals surface area (Å²) in [5.74, 6) is -2.30. The van der Waals surface area contributed by atoms with E-state index in [1.165, 1.54) is 53.8 Å². The van der Waals surface area contributed by atoms with Crippen LogP contribution in [-0.2, 0) is 44.3 Å². The topological polar surface area (TPSA) is 156 Å².